The molecule has 1 aliphatic heterocycles. The molecular formula is C35H29F2N3O3. The Labute approximate surface area is 247 Å². The van der Waals surface area contributed by atoms with E-state index in [1.54, 1.807) is 47.4 Å². The van der Waals surface area contributed by atoms with Crippen LogP contribution in [0.1, 0.15) is 45.1 Å². The molecule has 0 spiro atoms. The van der Waals surface area contributed by atoms with Crippen molar-refractivity contribution in [1.29, 1.82) is 0 Å². The number of amides is 1. The number of aryl methyl sites for hydroxylation is 2. The van der Waals surface area contributed by atoms with E-state index < -0.39 is 5.97 Å². The van der Waals surface area contributed by atoms with Crippen LogP contribution in [0.5, 0.6) is 0 Å². The lowest BCUT2D eigenvalue weighted by Crippen LogP contribution is -2.48. The summed E-state index contributed by atoms with van der Waals surface area (Å²) >= 11 is 0. The summed E-state index contributed by atoms with van der Waals surface area (Å²) in [7, 11) is 0. The van der Waals surface area contributed by atoms with E-state index in [0.717, 1.165) is 40.8 Å². The number of carboxylic acid groups (broad SMARTS) is 1. The summed E-state index contributed by atoms with van der Waals surface area (Å²) < 4.78 is 27.3. The normalized spacial score (nSPS) is 13.2. The molecule has 43 heavy (non-hydrogen) atoms. The molecule has 1 amide bonds. The molecule has 1 aliphatic rings. The summed E-state index contributed by atoms with van der Waals surface area (Å²) in [4.78, 5) is 35.9. The van der Waals surface area contributed by atoms with E-state index in [1.165, 1.54) is 24.3 Å². The lowest BCUT2D eigenvalue weighted by Gasteiger charge is -2.39. The number of carbonyl (C=O) groups is 2. The van der Waals surface area contributed by atoms with Crippen molar-refractivity contribution in [2.75, 3.05) is 13.1 Å². The van der Waals surface area contributed by atoms with Crippen molar-refractivity contribution >= 4 is 22.9 Å². The highest BCUT2D eigenvalue weighted by Gasteiger charge is 2.32. The SMILES string of the molecule is O=C(O)Cc1cccc(CCCc2nc3cc(C(=O)N4CC(c5cccc(F)c5)C4)ccc3nc2-c2ccc(F)cc2)c1. The first kappa shape index (κ1) is 28.2. The Morgan fingerprint density at radius 2 is 1.56 bits per heavy atom. The number of carbonyl (C=O) groups excluding carboxylic acids is 1. The molecule has 0 atom stereocenters. The molecule has 2 heterocycles. The Hall–Kier alpha value is -4.98. The minimum Gasteiger partial charge on any atom is -0.481 e. The van der Waals surface area contributed by atoms with E-state index >= 15 is 0 Å². The lowest BCUT2D eigenvalue weighted by atomic mass is 9.91. The fourth-order valence-corrected chi connectivity index (χ4v) is 5.57. The second-order valence-corrected chi connectivity index (χ2v) is 10.9. The molecule has 6 nitrogen and oxygen atoms in total. The first-order chi connectivity index (χ1) is 20.8. The number of aliphatic carboxylic acids is 1. The first-order valence-corrected chi connectivity index (χ1v) is 14.2. The van der Waals surface area contributed by atoms with E-state index in [4.69, 9.17) is 15.1 Å². The number of fused-ring (bicyclic) bond motifs is 1. The highest BCUT2D eigenvalue weighted by atomic mass is 19.1. The molecule has 0 saturated carbocycles. The van der Waals surface area contributed by atoms with E-state index in [-0.39, 0.29) is 29.9 Å². The van der Waals surface area contributed by atoms with Crippen LogP contribution < -0.4 is 0 Å². The Morgan fingerprint density at radius 1 is 0.791 bits per heavy atom. The van der Waals surface area contributed by atoms with Crippen LogP contribution in [-0.4, -0.2) is 44.9 Å². The van der Waals surface area contributed by atoms with E-state index in [1.807, 2.05) is 24.3 Å². The second-order valence-electron chi connectivity index (χ2n) is 10.9. The average molecular weight is 578 g/mol. The van der Waals surface area contributed by atoms with Crippen LogP contribution in [0.2, 0.25) is 0 Å². The number of benzene rings is 4. The molecule has 1 aromatic heterocycles. The molecule has 0 aliphatic carbocycles. The van der Waals surface area contributed by atoms with Gasteiger partial charge in [-0.15, -0.1) is 0 Å². The monoisotopic (exact) mass is 577 g/mol. The standard InChI is InChI=1S/C35H29F2N3O3/c36-28-13-10-24(11-14-28)34-31(9-2-5-22-4-1-6-23(16-22)17-33(41)42)38-32-19-26(12-15-30(32)39-34)35(43)40-20-27(21-40)25-7-3-8-29(37)18-25/h1,3-4,6-8,10-16,18-19,27H,2,5,9,17,20-21H2,(H,41,42). The predicted molar refractivity (Wildman–Crippen MR) is 160 cm³/mol. The summed E-state index contributed by atoms with van der Waals surface area (Å²) in [6, 6.07) is 25.5. The molecule has 216 valence electrons. The largest absolute Gasteiger partial charge is 0.481 e. The first-order valence-electron chi connectivity index (χ1n) is 14.2. The van der Waals surface area contributed by atoms with Gasteiger partial charge in [0.15, 0.2) is 0 Å². The molecule has 1 fully saturated rings. The zero-order chi connectivity index (χ0) is 29.9. The Kier molecular flexibility index (Phi) is 7.92. The maximum atomic E-state index is 13.7. The van der Waals surface area contributed by atoms with Gasteiger partial charge in [0.25, 0.3) is 5.91 Å². The molecule has 4 aromatic carbocycles. The van der Waals surface area contributed by atoms with Crippen LogP contribution in [0.25, 0.3) is 22.3 Å². The molecule has 0 bridgehead atoms. The average Bonchev–Trinajstić information content (AvgIpc) is 2.96. The number of hydrogen-bond acceptors (Lipinski definition) is 4. The predicted octanol–water partition coefficient (Wildman–Crippen LogP) is 6.62. The van der Waals surface area contributed by atoms with Crippen molar-refractivity contribution in [3.8, 4) is 11.3 Å². The molecule has 1 N–H and O–H groups in total. The number of halogens is 2. The molecule has 1 saturated heterocycles. The van der Waals surface area contributed by atoms with Gasteiger partial charge in [0.1, 0.15) is 11.6 Å². The van der Waals surface area contributed by atoms with Gasteiger partial charge in [-0.2, -0.15) is 0 Å². The highest BCUT2D eigenvalue weighted by molar-refractivity contribution is 5.98. The summed E-state index contributed by atoms with van der Waals surface area (Å²) in [5, 5.41) is 9.12. The number of likely N-dealkylation sites (tertiary alicyclic amines) is 1. The lowest BCUT2D eigenvalue weighted by molar-refractivity contribution is -0.136. The van der Waals surface area contributed by atoms with Crippen molar-refractivity contribution < 1.29 is 23.5 Å². The van der Waals surface area contributed by atoms with Crippen LogP contribution in [0.15, 0.2) is 91.0 Å². The third-order valence-corrected chi connectivity index (χ3v) is 7.82. The molecule has 0 radical (unpaired) electrons. The molecule has 6 rings (SSSR count). The molecule has 5 aromatic rings. The van der Waals surface area contributed by atoms with E-state index in [0.29, 0.717) is 41.8 Å². The van der Waals surface area contributed by atoms with Gasteiger partial charge in [-0.05, 0) is 90.6 Å². The number of hydrogen-bond donors (Lipinski definition) is 1. The Balaban J connectivity index is 1.23. The van der Waals surface area contributed by atoms with Crippen molar-refractivity contribution in [3.05, 3.63) is 131 Å². The van der Waals surface area contributed by atoms with Crippen molar-refractivity contribution in [2.24, 2.45) is 0 Å². The second kappa shape index (κ2) is 12.1. The summed E-state index contributed by atoms with van der Waals surface area (Å²) in [5.74, 6) is -1.49. The highest BCUT2D eigenvalue weighted by Crippen LogP contribution is 2.30. The van der Waals surface area contributed by atoms with Crippen LogP contribution in [0.4, 0.5) is 8.78 Å². The van der Waals surface area contributed by atoms with Gasteiger partial charge in [-0.3, -0.25) is 9.59 Å². The number of rotatable bonds is 9. The molecule has 0 unspecified atom stereocenters. The minimum atomic E-state index is -0.870. The van der Waals surface area contributed by atoms with Gasteiger partial charge in [0.05, 0.1) is 28.8 Å². The Morgan fingerprint density at radius 3 is 2.33 bits per heavy atom. The maximum absolute atomic E-state index is 13.7. The smallest absolute Gasteiger partial charge is 0.307 e. The Bertz CT molecular complexity index is 1820. The zero-order valence-electron chi connectivity index (χ0n) is 23.3. The van der Waals surface area contributed by atoms with Crippen LogP contribution in [-0.2, 0) is 24.1 Å². The van der Waals surface area contributed by atoms with Crippen LogP contribution in [0.3, 0.4) is 0 Å². The van der Waals surface area contributed by atoms with Gasteiger partial charge < -0.3 is 10.0 Å². The minimum absolute atomic E-state index is 0.0251. The fraction of sp³-hybridized carbons (Fsp3) is 0.200. The van der Waals surface area contributed by atoms with E-state index in [9.17, 15) is 18.4 Å². The number of aromatic nitrogens is 2. The van der Waals surface area contributed by atoms with Gasteiger partial charge in [-0.25, -0.2) is 18.7 Å². The number of nitrogens with zero attached hydrogens (tertiary/aromatic N) is 3. The summed E-state index contributed by atoms with van der Waals surface area (Å²) in [6.45, 7) is 1.04. The van der Waals surface area contributed by atoms with E-state index in [2.05, 4.69) is 0 Å². The van der Waals surface area contributed by atoms with Gasteiger partial charge >= 0.3 is 5.97 Å². The summed E-state index contributed by atoms with van der Waals surface area (Å²) in [5.41, 5.74) is 6.56. The quantitative estimate of drug-likeness (QED) is 0.213. The third-order valence-electron chi connectivity index (χ3n) is 7.82. The molecular weight excluding hydrogens is 548 g/mol. The van der Waals surface area contributed by atoms with Gasteiger partial charge in [0.2, 0.25) is 0 Å². The van der Waals surface area contributed by atoms with Crippen molar-refractivity contribution in [2.45, 2.75) is 31.6 Å². The van der Waals surface area contributed by atoms with Gasteiger partial charge in [-0.1, -0.05) is 36.4 Å². The topological polar surface area (TPSA) is 83.4 Å². The third kappa shape index (κ3) is 6.43. The van der Waals surface area contributed by atoms with Crippen LogP contribution >= 0.6 is 0 Å². The fourth-order valence-electron chi connectivity index (χ4n) is 5.57. The molecule has 8 heteroatoms. The van der Waals surface area contributed by atoms with Crippen molar-refractivity contribution in [3.63, 3.8) is 0 Å². The van der Waals surface area contributed by atoms with Gasteiger partial charge in [0, 0.05) is 30.1 Å². The number of carboxylic acids is 1. The van der Waals surface area contributed by atoms with Crippen LogP contribution in [0, 0.1) is 11.6 Å². The zero-order valence-corrected chi connectivity index (χ0v) is 23.3. The maximum Gasteiger partial charge on any atom is 0.307 e. The summed E-state index contributed by atoms with van der Waals surface area (Å²) in [6.07, 6.45) is 2.01. The van der Waals surface area contributed by atoms with Crippen molar-refractivity contribution in [1.82, 2.24) is 14.9 Å².